The highest BCUT2D eigenvalue weighted by Gasteiger charge is 2.16. The number of rotatable bonds is 5. The number of hydrogen-bond donors (Lipinski definition) is 1. The Morgan fingerprint density at radius 1 is 1.24 bits per heavy atom. The largest absolute Gasteiger partial charge is 0.467 e. The lowest BCUT2D eigenvalue weighted by Gasteiger charge is -2.09. The Balaban J connectivity index is 1.66. The number of nitrogens with zero attached hydrogens (tertiary/aromatic N) is 3. The summed E-state index contributed by atoms with van der Waals surface area (Å²) < 4.78 is 13.5. The predicted octanol–water partition coefficient (Wildman–Crippen LogP) is 1.71. The van der Waals surface area contributed by atoms with Crippen LogP contribution in [0.3, 0.4) is 0 Å². The number of hydrogen-bond acceptors (Lipinski definition) is 5. The molecule has 25 heavy (non-hydrogen) atoms. The van der Waals surface area contributed by atoms with E-state index < -0.39 is 0 Å². The second kappa shape index (κ2) is 5.97. The van der Waals surface area contributed by atoms with E-state index in [1.807, 2.05) is 6.92 Å². The molecule has 0 fully saturated rings. The second-order valence-electron chi connectivity index (χ2n) is 5.62. The fourth-order valence-corrected chi connectivity index (χ4v) is 2.85. The van der Waals surface area contributed by atoms with Crippen LogP contribution in [-0.4, -0.2) is 20.1 Å². The van der Waals surface area contributed by atoms with Crippen LogP contribution in [0.25, 0.3) is 16.6 Å². The Morgan fingerprint density at radius 3 is 2.88 bits per heavy atom. The number of aryl methyl sites for hydroxylation is 1. The fourth-order valence-electron chi connectivity index (χ4n) is 2.85. The summed E-state index contributed by atoms with van der Waals surface area (Å²) in [5.41, 5.74) is 1.52. The summed E-state index contributed by atoms with van der Waals surface area (Å²) >= 11 is 0. The lowest BCUT2D eigenvalue weighted by atomic mass is 10.4. The molecular formula is C17H16N4O4. The normalized spacial score (nSPS) is 11.4. The topological polar surface area (TPSA) is 94.7 Å². The van der Waals surface area contributed by atoms with Crippen molar-refractivity contribution in [3.8, 4) is 0 Å². The van der Waals surface area contributed by atoms with Crippen LogP contribution in [0.15, 0.2) is 50.4 Å². The fraction of sp³-hybridized carbons (Fsp3) is 0.235. The van der Waals surface area contributed by atoms with Gasteiger partial charge in [-0.15, -0.1) is 0 Å². The first-order chi connectivity index (χ1) is 12.2. The molecule has 8 nitrogen and oxygen atoms in total. The lowest BCUT2D eigenvalue weighted by molar-refractivity contribution is -0.122. The van der Waals surface area contributed by atoms with Gasteiger partial charge >= 0.3 is 0 Å². The van der Waals surface area contributed by atoms with Gasteiger partial charge in [0, 0.05) is 18.6 Å². The van der Waals surface area contributed by atoms with Crippen molar-refractivity contribution in [2.45, 2.75) is 26.4 Å². The van der Waals surface area contributed by atoms with E-state index in [9.17, 15) is 9.59 Å². The van der Waals surface area contributed by atoms with E-state index in [0.717, 1.165) is 5.52 Å². The van der Waals surface area contributed by atoms with Gasteiger partial charge in [-0.05, 0) is 12.1 Å². The van der Waals surface area contributed by atoms with Gasteiger partial charge in [0.05, 0.1) is 24.6 Å². The molecule has 4 aromatic heterocycles. The third-order valence-electron chi connectivity index (χ3n) is 4.02. The number of amides is 1. The zero-order valence-electron chi connectivity index (χ0n) is 13.6. The van der Waals surface area contributed by atoms with E-state index in [2.05, 4.69) is 10.4 Å². The highest BCUT2D eigenvalue weighted by molar-refractivity contribution is 5.82. The Bertz CT molecular complexity index is 1100. The summed E-state index contributed by atoms with van der Waals surface area (Å²) in [6.45, 7) is 2.05. The molecule has 1 amide bonds. The van der Waals surface area contributed by atoms with E-state index in [0.29, 0.717) is 29.1 Å². The quantitative estimate of drug-likeness (QED) is 0.597. The summed E-state index contributed by atoms with van der Waals surface area (Å²) in [5.74, 6) is 1.02. The zero-order chi connectivity index (χ0) is 17.4. The van der Waals surface area contributed by atoms with Crippen LogP contribution in [0.1, 0.15) is 18.5 Å². The number of furan rings is 2. The third-order valence-corrected chi connectivity index (χ3v) is 4.02. The standard InChI is InChI=1S/C17H16N4O4/c1-2-15-19-20(10-16(22)18-9-11-4-3-6-24-11)17(23)13-8-14-12(21(13)15)5-7-25-14/h3-8H,2,9-10H2,1H3,(H,18,22). The van der Waals surface area contributed by atoms with Crippen molar-refractivity contribution in [1.82, 2.24) is 19.5 Å². The zero-order valence-corrected chi connectivity index (χ0v) is 13.6. The van der Waals surface area contributed by atoms with Gasteiger partial charge in [0.15, 0.2) is 5.58 Å². The van der Waals surface area contributed by atoms with Crippen molar-refractivity contribution in [1.29, 1.82) is 0 Å². The summed E-state index contributed by atoms with van der Waals surface area (Å²) in [6.07, 6.45) is 3.72. The minimum Gasteiger partial charge on any atom is -0.467 e. The van der Waals surface area contributed by atoms with Gasteiger partial charge in [0.1, 0.15) is 23.6 Å². The number of carbonyl (C=O) groups excluding carboxylic acids is 1. The minimum absolute atomic E-state index is 0.157. The molecule has 0 aliphatic heterocycles. The second-order valence-corrected chi connectivity index (χ2v) is 5.62. The maximum absolute atomic E-state index is 12.7. The Morgan fingerprint density at radius 2 is 2.12 bits per heavy atom. The van der Waals surface area contributed by atoms with E-state index in [1.165, 1.54) is 10.9 Å². The van der Waals surface area contributed by atoms with Gasteiger partial charge in [-0.3, -0.25) is 14.0 Å². The van der Waals surface area contributed by atoms with Crippen molar-refractivity contribution < 1.29 is 13.6 Å². The Hall–Kier alpha value is -3.29. The van der Waals surface area contributed by atoms with E-state index in [1.54, 1.807) is 34.9 Å². The number of carbonyl (C=O) groups is 1. The van der Waals surface area contributed by atoms with E-state index in [-0.39, 0.29) is 24.6 Å². The minimum atomic E-state index is -0.336. The van der Waals surface area contributed by atoms with Crippen LogP contribution in [0.5, 0.6) is 0 Å². The van der Waals surface area contributed by atoms with Crippen LogP contribution in [-0.2, 0) is 24.3 Å². The van der Waals surface area contributed by atoms with Crippen LogP contribution >= 0.6 is 0 Å². The van der Waals surface area contributed by atoms with Gasteiger partial charge in [0.2, 0.25) is 5.91 Å². The van der Waals surface area contributed by atoms with E-state index >= 15 is 0 Å². The van der Waals surface area contributed by atoms with Crippen molar-refractivity contribution in [3.05, 3.63) is 58.7 Å². The summed E-state index contributed by atoms with van der Waals surface area (Å²) in [6, 6.07) is 6.98. The molecule has 4 heterocycles. The third kappa shape index (κ3) is 2.61. The molecule has 0 saturated carbocycles. The molecule has 0 saturated heterocycles. The van der Waals surface area contributed by atoms with Crippen LogP contribution in [0.2, 0.25) is 0 Å². The smallest absolute Gasteiger partial charge is 0.291 e. The average molecular weight is 340 g/mol. The van der Waals surface area contributed by atoms with Crippen LogP contribution < -0.4 is 10.9 Å². The van der Waals surface area contributed by atoms with Crippen molar-refractivity contribution >= 4 is 22.5 Å². The number of nitrogens with one attached hydrogen (secondary N) is 1. The summed E-state index contributed by atoms with van der Waals surface area (Å²) in [5, 5.41) is 7.06. The highest BCUT2D eigenvalue weighted by atomic mass is 16.3. The molecule has 4 aromatic rings. The number of fused-ring (bicyclic) bond motifs is 3. The first-order valence-electron chi connectivity index (χ1n) is 7.95. The Labute approximate surface area is 141 Å². The molecule has 4 rings (SSSR count). The average Bonchev–Trinajstić information content (AvgIpc) is 3.32. The SMILES string of the molecule is CCc1nn(CC(=O)NCc2ccco2)c(=O)c2cc3occc3n12. The first-order valence-corrected chi connectivity index (χ1v) is 7.95. The molecule has 0 aromatic carbocycles. The molecule has 0 aliphatic carbocycles. The summed E-state index contributed by atoms with van der Waals surface area (Å²) in [4.78, 5) is 24.8. The molecule has 128 valence electrons. The molecule has 0 radical (unpaired) electrons. The van der Waals surface area contributed by atoms with Gasteiger partial charge in [0.25, 0.3) is 5.56 Å². The predicted molar refractivity (Wildman–Crippen MR) is 89.2 cm³/mol. The molecule has 0 spiro atoms. The van der Waals surface area contributed by atoms with Crippen LogP contribution in [0, 0.1) is 0 Å². The van der Waals surface area contributed by atoms with Gasteiger partial charge < -0.3 is 14.2 Å². The molecule has 0 aliphatic rings. The van der Waals surface area contributed by atoms with Crippen LogP contribution in [0.4, 0.5) is 0 Å². The highest BCUT2D eigenvalue weighted by Crippen LogP contribution is 2.20. The van der Waals surface area contributed by atoms with E-state index in [4.69, 9.17) is 8.83 Å². The lowest BCUT2D eigenvalue weighted by Crippen LogP contribution is -2.35. The summed E-state index contributed by atoms with van der Waals surface area (Å²) in [7, 11) is 0. The van der Waals surface area contributed by atoms with Gasteiger partial charge in [-0.1, -0.05) is 6.92 Å². The van der Waals surface area contributed by atoms with Crippen molar-refractivity contribution in [3.63, 3.8) is 0 Å². The Kier molecular flexibility index (Phi) is 3.64. The monoisotopic (exact) mass is 340 g/mol. The molecule has 0 atom stereocenters. The number of aromatic nitrogens is 3. The molecule has 1 N–H and O–H groups in total. The van der Waals surface area contributed by atoms with Crippen molar-refractivity contribution in [2.24, 2.45) is 0 Å². The van der Waals surface area contributed by atoms with Gasteiger partial charge in [-0.2, -0.15) is 5.10 Å². The van der Waals surface area contributed by atoms with Gasteiger partial charge in [-0.25, -0.2) is 4.68 Å². The van der Waals surface area contributed by atoms with Crippen molar-refractivity contribution in [2.75, 3.05) is 0 Å². The molecular weight excluding hydrogens is 324 g/mol. The first kappa shape index (κ1) is 15.3. The molecule has 0 bridgehead atoms. The molecule has 8 heteroatoms. The maximum atomic E-state index is 12.7. The molecule has 0 unspecified atom stereocenters. The maximum Gasteiger partial charge on any atom is 0.291 e.